The molecule has 1 atom stereocenters. The Labute approximate surface area is 213 Å². The first-order valence-electron chi connectivity index (χ1n) is 12.4. The minimum atomic E-state index is -4.04. The van der Waals surface area contributed by atoms with E-state index in [1.54, 1.807) is 13.8 Å². The number of nitrogens with one attached hydrogen (secondary N) is 4. The molecular formula is C25H38N4O6S. The molecule has 1 aromatic carbocycles. The summed E-state index contributed by atoms with van der Waals surface area (Å²) in [4.78, 5) is 24.0. The molecule has 1 aliphatic carbocycles. The number of aliphatic carboxylic acids is 1. The van der Waals surface area contributed by atoms with Crippen LogP contribution in [0, 0.1) is 32.1 Å². The van der Waals surface area contributed by atoms with E-state index in [2.05, 4.69) is 15.4 Å². The summed E-state index contributed by atoms with van der Waals surface area (Å²) in [5.41, 5.74) is 3.47. The Kier molecular flexibility index (Phi) is 8.34. The summed E-state index contributed by atoms with van der Waals surface area (Å²) < 4.78 is 34.6. The molecule has 5 N–H and O–H groups in total. The fraction of sp³-hybridized carbons (Fsp3) is 0.640. The lowest BCUT2D eigenvalue weighted by molar-refractivity contribution is -0.142. The predicted molar refractivity (Wildman–Crippen MR) is 135 cm³/mol. The Bertz CT molecular complexity index is 1160. The van der Waals surface area contributed by atoms with Crippen molar-refractivity contribution in [3.63, 3.8) is 0 Å². The number of hydrogen-bond donors (Lipinski definition) is 5. The maximum absolute atomic E-state index is 13.2. The third-order valence-corrected chi connectivity index (χ3v) is 8.99. The van der Waals surface area contributed by atoms with Crippen LogP contribution in [0.15, 0.2) is 4.90 Å². The molecule has 1 heterocycles. The van der Waals surface area contributed by atoms with Crippen molar-refractivity contribution < 1.29 is 27.9 Å². The number of hydrogen-bond acceptors (Lipinski definition) is 6. The first-order chi connectivity index (χ1) is 16.8. The Hall–Kier alpha value is -2.66. The van der Waals surface area contributed by atoms with Crippen molar-refractivity contribution >= 4 is 27.9 Å². The van der Waals surface area contributed by atoms with Crippen LogP contribution in [0.3, 0.4) is 0 Å². The minimum absolute atomic E-state index is 0.125. The van der Waals surface area contributed by atoms with Crippen LogP contribution in [0.5, 0.6) is 0 Å². The van der Waals surface area contributed by atoms with Gasteiger partial charge in [-0.05, 0) is 88.1 Å². The van der Waals surface area contributed by atoms with Gasteiger partial charge in [0.2, 0.25) is 11.9 Å². The van der Waals surface area contributed by atoms with Gasteiger partial charge in [0.15, 0.2) is 0 Å². The fourth-order valence-corrected chi connectivity index (χ4v) is 6.91. The third kappa shape index (κ3) is 5.83. The molecule has 1 saturated carbocycles. The van der Waals surface area contributed by atoms with Crippen molar-refractivity contribution in [1.29, 1.82) is 5.41 Å². The van der Waals surface area contributed by atoms with E-state index < -0.39 is 33.6 Å². The Morgan fingerprint density at radius 1 is 1.14 bits per heavy atom. The van der Waals surface area contributed by atoms with Crippen molar-refractivity contribution in [2.45, 2.75) is 96.3 Å². The van der Waals surface area contributed by atoms with Crippen LogP contribution in [0.4, 0.5) is 0 Å². The van der Waals surface area contributed by atoms with Crippen LogP contribution in [-0.4, -0.2) is 43.9 Å². The maximum Gasteiger partial charge on any atom is 0.326 e. The van der Waals surface area contributed by atoms with Crippen LogP contribution < -0.4 is 15.4 Å². The topological polar surface area (TPSA) is 158 Å². The highest BCUT2D eigenvalue weighted by molar-refractivity contribution is 7.90. The molecule has 0 radical (unpaired) electrons. The van der Waals surface area contributed by atoms with Crippen LogP contribution in [0.2, 0.25) is 0 Å². The van der Waals surface area contributed by atoms with E-state index in [4.69, 9.17) is 10.1 Å². The van der Waals surface area contributed by atoms with Gasteiger partial charge in [0.25, 0.3) is 10.0 Å². The molecule has 0 aromatic heterocycles. The van der Waals surface area contributed by atoms with Crippen molar-refractivity contribution in [2.24, 2.45) is 5.92 Å². The monoisotopic (exact) mass is 522 g/mol. The second kappa shape index (κ2) is 10.8. The van der Waals surface area contributed by atoms with E-state index in [-0.39, 0.29) is 29.7 Å². The first kappa shape index (κ1) is 27.9. The molecule has 1 aromatic rings. The Balaban J connectivity index is 1.59. The number of carboxylic acid groups (broad SMARTS) is 1. The summed E-state index contributed by atoms with van der Waals surface area (Å²) in [5, 5.41) is 22.8. The number of ether oxygens (including phenoxy) is 1. The van der Waals surface area contributed by atoms with Gasteiger partial charge in [-0.2, -0.15) is 0 Å². The summed E-state index contributed by atoms with van der Waals surface area (Å²) >= 11 is 0. The van der Waals surface area contributed by atoms with E-state index in [1.807, 2.05) is 20.8 Å². The molecule has 200 valence electrons. The van der Waals surface area contributed by atoms with Crippen LogP contribution in [0.1, 0.15) is 80.2 Å². The van der Waals surface area contributed by atoms with Crippen molar-refractivity contribution in [1.82, 2.24) is 15.4 Å². The van der Waals surface area contributed by atoms with E-state index in [0.29, 0.717) is 24.2 Å². The van der Waals surface area contributed by atoms with E-state index in [0.717, 1.165) is 42.4 Å². The number of carboxylic acids is 1. The fourth-order valence-electron chi connectivity index (χ4n) is 5.39. The molecule has 1 amide bonds. The highest BCUT2D eigenvalue weighted by Gasteiger charge is 2.37. The van der Waals surface area contributed by atoms with Crippen LogP contribution in [0.25, 0.3) is 0 Å². The number of fused-ring (bicyclic) bond motifs is 1. The predicted octanol–water partition coefficient (Wildman–Crippen LogP) is 2.72. The van der Waals surface area contributed by atoms with Crippen molar-refractivity contribution in [2.75, 3.05) is 6.54 Å². The van der Waals surface area contributed by atoms with E-state index in [1.165, 1.54) is 0 Å². The average Bonchev–Trinajstić information content (AvgIpc) is 3.41. The van der Waals surface area contributed by atoms with Gasteiger partial charge in [-0.1, -0.05) is 12.8 Å². The van der Waals surface area contributed by atoms with Gasteiger partial charge in [-0.25, -0.2) is 17.9 Å². The third-order valence-electron chi connectivity index (χ3n) is 7.37. The van der Waals surface area contributed by atoms with Gasteiger partial charge < -0.3 is 20.5 Å². The second-order valence-corrected chi connectivity index (χ2v) is 11.9. The number of rotatable bonds is 9. The highest BCUT2D eigenvalue weighted by Crippen LogP contribution is 2.43. The zero-order valence-corrected chi connectivity index (χ0v) is 22.5. The lowest BCUT2D eigenvalue weighted by atomic mass is 9.87. The molecular weight excluding hydrogens is 484 g/mol. The van der Waals surface area contributed by atoms with Gasteiger partial charge in [-0.3, -0.25) is 10.2 Å². The first-order valence-corrected chi connectivity index (χ1v) is 13.9. The zero-order valence-electron chi connectivity index (χ0n) is 21.7. The molecule has 36 heavy (non-hydrogen) atoms. The van der Waals surface area contributed by atoms with Gasteiger partial charge in [0.05, 0.1) is 17.1 Å². The normalized spacial score (nSPS) is 17.9. The molecule has 11 heteroatoms. The summed E-state index contributed by atoms with van der Waals surface area (Å²) in [6.07, 6.45) is 4.02. The molecule has 0 saturated heterocycles. The van der Waals surface area contributed by atoms with Crippen LogP contribution in [-0.2, 0) is 36.6 Å². The molecule has 10 nitrogen and oxygen atoms in total. The van der Waals surface area contributed by atoms with Gasteiger partial charge >= 0.3 is 5.97 Å². The van der Waals surface area contributed by atoms with Crippen molar-refractivity contribution in [3.8, 4) is 0 Å². The number of carbonyl (C=O) groups excluding carboxylic acids is 1. The summed E-state index contributed by atoms with van der Waals surface area (Å²) in [5.74, 6) is -1.86. The molecule has 0 spiro atoms. The molecule has 2 aliphatic rings. The number of benzene rings is 1. The maximum atomic E-state index is 13.2. The Morgan fingerprint density at radius 2 is 1.78 bits per heavy atom. The average molecular weight is 523 g/mol. The van der Waals surface area contributed by atoms with Crippen molar-refractivity contribution in [3.05, 3.63) is 27.8 Å². The Morgan fingerprint density at radius 3 is 2.39 bits per heavy atom. The standard InChI is InChI=1S/C25H38N4O6S/c1-14-15(2)21(16(3)18-13-35-25(4,5)20(14)18)36(33,34)29-24(26)27-12-8-11-19(23(31)32)28-22(30)17-9-6-7-10-17/h17,19H,6-13H2,1-5H3,(H,28,30)(H,31,32)(H3,26,27,29)/t19-/m0/s1. The number of sulfonamides is 1. The van der Waals surface area contributed by atoms with Gasteiger partial charge in [0.1, 0.15) is 6.04 Å². The molecule has 0 bridgehead atoms. The molecule has 3 rings (SSSR count). The quantitative estimate of drug-likeness (QED) is 0.189. The van der Waals surface area contributed by atoms with Crippen LogP contribution >= 0.6 is 0 Å². The summed E-state index contributed by atoms with van der Waals surface area (Å²) in [6, 6.07) is -1.02. The number of amides is 1. The summed E-state index contributed by atoms with van der Waals surface area (Å²) in [6.45, 7) is 9.83. The largest absolute Gasteiger partial charge is 0.480 e. The summed E-state index contributed by atoms with van der Waals surface area (Å²) in [7, 11) is -4.04. The lowest BCUT2D eigenvalue weighted by Crippen LogP contribution is -2.44. The molecule has 1 aliphatic heterocycles. The van der Waals surface area contributed by atoms with E-state index >= 15 is 0 Å². The highest BCUT2D eigenvalue weighted by atomic mass is 32.2. The SMILES string of the molecule is Cc1c(C)c(S(=O)(=O)NC(=N)NCCC[C@H](NC(=O)C2CCCC2)C(=O)O)c(C)c2c1C(C)(C)OC2. The minimum Gasteiger partial charge on any atom is -0.480 e. The van der Waals surface area contributed by atoms with E-state index in [9.17, 15) is 23.1 Å². The molecule has 1 fully saturated rings. The smallest absolute Gasteiger partial charge is 0.326 e. The number of carbonyl (C=O) groups is 2. The lowest BCUT2D eigenvalue weighted by Gasteiger charge is -2.24. The van der Waals surface area contributed by atoms with Gasteiger partial charge in [0, 0.05) is 12.5 Å². The second-order valence-electron chi connectivity index (χ2n) is 10.3. The number of guanidine groups is 1. The molecule has 0 unspecified atom stereocenters. The van der Waals surface area contributed by atoms with Gasteiger partial charge in [-0.15, -0.1) is 0 Å². The zero-order chi connectivity index (χ0) is 26.8.